The third kappa shape index (κ3) is 7.28. The van der Waals surface area contributed by atoms with Crippen LogP contribution in [-0.2, 0) is 6.16 Å². The minimum atomic E-state index is -1.97. The number of benzene rings is 6. The van der Waals surface area contributed by atoms with Crippen molar-refractivity contribution in [3.63, 3.8) is 0 Å². The molecule has 0 spiro atoms. The SMILES string of the molecule is COc1ccc(N(Sc2ccc(C[P+](c3ccccc3)(c3ccccc3)c3ccccc3)cc2)c2ccc(OC)cc2)cc1.[Br-]. The van der Waals surface area contributed by atoms with E-state index in [0.29, 0.717) is 0 Å². The number of hydrogen-bond donors (Lipinski definition) is 0. The molecule has 0 aliphatic rings. The van der Waals surface area contributed by atoms with Crippen LogP contribution in [0.25, 0.3) is 0 Å². The molecule has 0 radical (unpaired) electrons. The average molecular weight is 693 g/mol. The van der Waals surface area contributed by atoms with Gasteiger partial charge in [-0.3, -0.25) is 4.31 Å². The molecular weight excluding hydrogens is 657 g/mol. The van der Waals surface area contributed by atoms with Gasteiger partial charge < -0.3 is 26.5 Å². The first-order chi connectivity index (χ1) is 21.7. The van der Waals surface area contributed by atoms with E-state index >= 15 is 0 Å². The van der Waals surface area contributed by atoms with Crippen LogP contribution in [0.4, 0.5) is 11.4 Å². The van der Waals surface area contributed by atoms with Gasteiger partial charge in [0.05, 0.1) is 31.8 Å². The van der Waals surface area contributed by atoms with Gasteiger partial charge in [0.25, 0.3) is 0 Å². The summed E-state index contributed by atoms with van der Waals surface area (Å²) in [6.45, 7) is 0. The standard InChI is InChI=1S/C39H35NO2PS.BrH/c1-41-34-24-20-32(21-25-34)40(33-22-26-35(42-2)27-23-33)44-39-28-18-31(19-29-39)30-43(36-12-6-3-7-13-36,37-14-8-4-9-15-37)38-16-10-5-11-17-38;/h3-29H,30H2,1-2H3;1H/q+1;/p-1. The average Bonchev–Trinajstić information content (AvgIpc) is 3.11. The Morgan fingerprint density at radius 3 is 1.22 bits per heavy atom. The van der Waals surface area contributed by atoms with E-state index in [9.17, 15) is 0 Å². The van der Waals surface area contributed by atoms with Crippen molar-refractivity contribution in [3.05, 3.63) is 169 Å². The summed E-state index contributed by atoms with van der Waals surface area (Å²) in [5.74, 6) is 1.67. The molecule has 0 bridgehead atoms. The van der Waals surface area contributed by atoms with Gasteiger partial charge in [0.15, 0.2) is 0 Å². The Hall–Kier alpha value is -4.02. The minimum absolute atomic E-state index is 0. The van der Waals surface area contributed by atoms with Gasteiger partial charge in [-0.15, -0.1) is 0 Å². The van der Waals surface area contributed by atoms with Crippen molar-refractivity contribution in [2.24, 2.45) is 0 Å². The van der Waals surface area contributed by atoms with E-state index in [-0.39, 0.29) is 17.0 Å². The lowest BCUT2D eigenvalue weighted by Gasteiger charge is -2.28. The summed E-state index contributed by atoms with van der Waals surface area (Å²) in [6.07, 6.45) is 0.941. The monoisotopic (exact) mass is 691 g/mol. The summed E-state index contributed by atoms with van der Waals surface area (Å²) in [6, 6.07) is 58.6. The fraction of sp³-hybridized carbons (Fsp3) is 0.0769. The number of hydrogen-bond acceptors (Lipinski definition) is 4. The minimum Gasteiger partial charge on any atom is -1.00 e. The maximum absolute atomic E-state index is 5.41. The smallest absolute Gasteiger partial charge is 0.119 e. The maximum atomic E-state index is 5.41. The highest BCUT2D eigenvalue weighted by Gasteiger charge is 2.45. The number of ether oxygens (including phenoxy) is 2. The van der Waals surface area contributed by atoms with Crippen molar-refractivity contribution in [3.8, 4) is 11.5 Å². The number of methoxy groups -OCH3 is 2. The van der Waals surface area contributed by atoms with Crippen LogP contribution in [0, 0.1) is 0 Å². The van der Waals surface area contributed by atoms with Crippen LogP contribution in [0.2, 0.25) is 0 Å². The van der Waals surface area contributed by atoms with E-state index < -0.39 is 7.26 Å². The quantitative estimate of drug-likeness (QED) is 0.122. The fourth-order valence-electron chi connectivity index (χ4n) is 5.49. The first-order valence-corrected chi connectivity index (χ1v) is 17.3. The molecule has 6 aromatic rings. The number of nitrogens with zero attached hydrogens (tertiary/aromatic N) is 1. The topological polar surface area (TPSA) is 21.7 Å². The van der Waals surface area contributed by atoms with Crippen LogP contribution < -0.4 is 46.7 Å². The van der Waals surface area contributed by atoms with Crippen LogP contribution in [0.15, 0.2) is 169 Å². The van der Waals surface area contributed by atoms with Crippen LogP contribution >= 0.6 is 19.2 Å². The molecule has 6 rings (SSSR count). The zero-order chi connectivity index (χ0) is 30.2. The summed E-state index contributed by atoms with van der Waals surface area (Å²) in [7, 11) is 1.41. The van der Waals surface area contributed by atoms with Gasteiger partial charge in [-0.05, 0) is 115 Å². The third-order valence-corrected chi connectivity index (χ3v) is 13.2. The molecule has 0 saturated heterocycles. The van der Waals surface area contributed by atoms with E-state index in [1.165, 1.54) is 21.5 Å². The van der Waals surface area contributed by atoms with Crippen LogP contribution in [0.5, 0.6) is 11.5 Å². The zero-order valence-electron chi connectivity index (χ0n) is 25.3. The van der Waals surface area contributed by atoms with Crippen LogP contribution in [0.3, 0.4) is 0 Å². The van der Waals surface area contributed by atoms with Crippen molar-refractivity contribution < 1.29 is 26.5 Å². The number of anilines is 2. The molecule has 226 valence electrons. The Kier molecular flexibility index (Phi) is 11.0. The molecule has 0 N–H and O–H groups in total. The lowest BCUT2D eigenvalue weighted by atomic mass is 10.2. The van der Waals surface area contributed by atoms with Crippen molar-refractivity contribution >= 4 is 46.5 Å². The van der Waals surface area contributed by atoms with Crippen LogP contribution in [-0.4, -0.2) is 14.2 Å². The van der Waals surface area contributed by atoms with E-state index in [1.54, 1.807) is 26.2 Å². The molecule has 45 heavy (non-hydrogen) atoms. The largest absolute Gasteiger partial charge is 1.00 e. The highest BCUT2D eigenvalue weighted by Crippen LogP contribution is 2.58. The first kappa shape index (κ1) is 32.4. The Bertz CT molecular complexity index is 1610. The van der Waals surface area contributed by atoms with Gasteiger partial charge in [0, 0.05) is 4.90 Å². The first-order valence-electron chi connectivity index (χ1n) is 14.6. The fourth-order valence-corrected chi connectivity index (χ4v) is 10.7. The van der Waals surface area contributed by atoms with Gasteiger partial charge in [-0.25, -0.2) is 0 Å². The molecule has 0 aromatic heterocycles. The van der Waals surface area contributed by atoms with Gasteiger partial charge in [-0.2, -0.15) is 0 Å². The van der Waals surface area contributed by atoms with Gasteiger partial charge in [0.1, 0.15) is 34.7 Å². The molecule has 0 atom stereocenters. The lowest BCUT2D eigenvalue weighted by Crippen LogP contribution is -3.00. The van der Waals surface area contributed by atoms with E-state index in [4.69, 9.17) is 9.47 Å². The van der Waals surface area contributed by atoms with Crippen molar-refractivity contribution in [1.29, 1.82) is 0 Å². The molecular formula is C39H35BrNO2PS. The summed E-state index contributed by atoms with van der Waals surface area (Å²) in [4.78, 5) is 1.16. The highest BCUT2D eigenvalue weighted by molar-refractivity contribution is 8.01. The summed E-state index contributed by atoms with van der Waals surface area (Å²) < 4.78 is 13.1. The van der Waals surface area contributed by atoms with Crippen molar-refractivity contribution in [2.45, 2.75) is 11.1 Å². The molecule has 0 aliphatic heterocycles. The zero-order valence-corrected chi connectivity index (χ0v) is 28.6. The number of rotatable bonds is 11. The van der Waals surface area contributed by atoms with E-state index in [0.717, 1.165) is 33.9 Å². The van der Waals surface area contributed by atoms with Crippen molar-refractivity contribution in [1.82, 2.24) is 0 Å². The second kappa shape index (κ2) is 15.3. The molecule has 3 nitrogen and oxygen atoms in total. The predicted molar refractivity (Wildman–Crippen MR) is 189 cm³/mol. The molecule has 0 fully saturated rings. The molecule has 0 unspecified atom stereocenters. The Morgan fingerprint density at radius 2 is 0.867 bits per heavy atom. The predicted octanol–water partition coefficient (Wildman–Crippen LogP) is 6.05. The Labute approximate surface area is 282 Å². The van der Waals surface area contributed by atoms with Crippen LogP contribution in [0.1, 0.15) is 5.56 Å². The molecule has 6 aromatic carbocycles. The normalized spacial score (nSPS) is 10.9. The maximum Gasteiger partial charge on any atom is 0.119 e. The third-order valence-electron chi connectivity index (χ3n) is 7.74. The van der Waals surface area contributed by atoms with E-state index in [2.05, 4.69) is 144 Å². The second-order valence-corrected chi connectivity index (χ2v) is 14.9. The van der Waals surface area contributed by atoms with Gasteiger partial charge in [0.2, 0.25) is 0 Å². The summed E-state index contributed by atoms with van der Waals surface area (Å²) >= 11 is 1.70. The highest BCUT2D eigenvalue weighted by atomic mass is 79.9. The summed E-state index contributed by atoms with van der Waals surface area (Å²) in [5.41, 5.74) is 3.44. The van der Waals surface area contributed by atoms with Crippen molar-refractivity contribution in [2.75, 3.05) is 18.5 Å². The molecule has 0 aliphatic carbocycles. The Morgan fingerprint density at radius 1 is 0.489 bits per heavy atom. The molecule has 0 amide bonds. The van der Waals surface area contributed by atoms with E-state index in [1.807, 2.05) is 24.3 Å². The van der Waals surface area contributed by atoms with Gasteiger partial charge in [-0.1, -0.05) is 66.7 Å². The molecule has 6 heteroatoms. The van der Waals surface area contributed by atoms with Gasteiger partial charge >= 0.3 is 0 Å². The second-order valence-electron chi connectivity index (χ2n) is 10.4. The molecule has 0 saturated carbocycles. The summed E-state index contributed by atoms with van der Waals surface area (Å²) in [5, 5.41) is 4.17. The number of halogens is 1. The Balaban J connectivity index is 0.00000400. The molecule has 0 heterocycles. The lowest BCUT2D eigenvalue weighted by molar-refractivity contribution is -0.00000910.